The van der Waals surface area contributed by atoms with Crippen LogP contribution in [-0.4, -0.2) is 87.5 Å². The number of rotatable bonds is 5. The minimum Gasteiger partial charge on any atom is -0.381 e. The first kappa shape index (κ1) is 21.8. The van der Waals surface area contributed by atoms with Crippen molar-refractivity contribution in [2.45, 2.75) is 64.0 Å². The Morgan fingerprint density at radius 2 is 1.75 bits per heavy atom. The number of hydrogen-bond acceptors (Lipinski definition) is 4. The maximum absolute atomic E-state index is 5.86. The maximum atomic E-state index is 5.86. The Labute approximate surface area is 172 Å². The van der Waals surface area contributed by atoms with E-state index in [9.17, 15) is 0 Å². The average molecular weight is 395 g/mol. The fourth-order valence-corrected chi connectivity index (χ4v) is 5.20. The highest BCUT2D eigenvalue weighted by Crippen LogP contribution is 2.32. The number of nitrogens with one attached hydrogen (secondary N) is 1. The third-order valence-corrected chi connectivity index (χ3v) is 7.43. The van der Waals surface area contributed by atoms with Crippen LogP contribution in [-0.2, 0) is 9.47 Å². The predicted molar refractivity (Wildman–Crippen MR) is 115 cm³/mol. The Bertz CT molecular complexity index is 489. The largest absolute Gasteiger partial charge is 0.381 e. The fraction of sp³-hybridized carbons (Fsp3) is 0.955. The number of piperazine rings is 1. The van der Waals surface area contributed by atoms with Crippen molar-refractivity contribution in [3.8, 4) is 0 Å². The van der Waals surface area contributed by atoms with Gasteiger partial charge < -0.3 is 19.7 Å². The van der Waals surface area contributed by atoms with Gasteiger partial charge in [0.1, 0.15) is 0 Å². The zero-order chi connectivity index (χ0) is 20.0. The summed E-state index contributed by atoms with van der Waals surface area (Å²) in [5.41, 5.74) is -0.120. The number of guanidine groups is 1. The van der Waals surface area contributed by atoms with Gasteiger partial charge >= 0.3 is 0 Å². The first-order chi connectivity index (χ1) is 13.6. The van der Waals surface area contributed by atoms with Gasteiger partial charge in [-0.2, -0.15) is 0 Å². The van der Waals surface area contributed by atoms with Crippen LogP contribution in [0.3, 0.4) is 0 Å². The zero-order valence-corrected chi connectivity index (χ0v) is 18.6. The molecule has 0 aromatic heterocycles. The van der Waals surface area contributed by atoms with Crippen molar-refractivity contribution in [2.75, 3.05) is 60.1 Å². The number of methoxy groups -OCH3 is 1. The third kappa shape index (κ3) is 5.39. The van der Waals surface area contributed by atoms with E-state index in [1.807, 2.05) is 14.2 Å². The summed E-state index contributed by atoms with van der Waals surface area (Å²) < 4.78 is 11.4. The zero-order valence-electron chi connectivity index (χ0n) is 18.6. The van der Waals surface area contributed by atoms with Crippen LogP contribution in [0.4, 0.5) is 0 Å². The van der Waals surface area contributed by atoms with Gasteiger partial charge in [0.2, 0.25) is 0 Å². The molecule has 0 amide bonds. The third-order valence-electron chi connectivity index (χ3n) is 7.43. The number of ether oxygens (including phenoxy) is 2. The highest BCUT2D eigenvalue weighted by molar-refractivity contribution is 5.80. The second-order valence-electron chi connectivity index (χ2n) is 9.24. The van der Waals surface area contributed by atoms with Gasteiger partial charge in [0, 0.05) is 79.0 Å². The number of hydrogen-bond donors (Lipinski definition) is 1. The van der Waals surface area contributed by atoms with Gasteiger partial charge in [0.15, 0.2) is 5.96 Å². The fourth-order valence-electron chi connectivity index (χ4n) is 5.20. The van der Waals surface area contributed by atoms with E-state index in [1.54, 1.807) is 0 Å². The van der Waals surface area contributed by atoms with Crippen LogP contribution in [0.5, 0.6) is 0 Å². The van der Waals surface area contributed by atoms with Gasteiger partial charge in [0.25, 0.3) is 0 Å². The summed E-state index contributed by atoms with van der Waals surface area (Å²) in [6.07, 6.45) is 7.48. The summed E-state index contributed by atoms with van der Waals surface area (Å²) in [7, 11) is 3.72. The number of nitrogens with zero attached hydrogens (tertiary/aromatic N) is 3. The Kier molecular flexibility index (Phi) is 8.01. The van der Waals surface area contributed by atoms with Crippen LogP contribution in [0.25, 0.3) is 0 Å². The van der Waals surface area contributed by atoms with Gasteiger partial charge in [0.05, 0.1) is 5.60 Å². The van der Waals surface area contributed by atoms with E-state index >= 15 is 0 Å². The van der Waals surface area contributed by atoms with Crippen LogP contribution >= 0.6 is 0 Å². The topological polar surface area (TPSA) is 49.3 Å². The van der Waals surface area contributed by atoms with Crippen LogP contribution in [0.1, 0.15) is 52.4 Å². The summed E-state index contributed by atoms with van der Waals surface area (Å²) in [5.74, 6) is 2.81. The lowest BCUT2D eigenvalue weighted by molar-refractivity contribution is -0.0858. The molecule has 0 radical (unpaired) electrons. The highest BCUT2D eigenvalue weighted by Gasteiger charge is 2.34. The molecule has 6 heteroatoms. The molecule has 2 aliphatic heterocycles. The molecule has 1 aliphatic carbocycles. The monoisotopic (exact) mass is 394 g/mol. The summed E-state index contributed by atoms with van der Waals surface area (Å²) in [6.45, 7) is 11.6. The lowest BCUT2D eigenvalue weighted by atomic mass is 9.79. The number of aliphatic imine (C=N–C) groups is 1. The molecule has 0 unspecified atom stereocenters. The molecule has 1 N–H and O–H groups in total. The normalized spacial score (nSPS) is 29.9. The van der Waals surface area contributed by atoms with Gasteiger partial charge in [-0.3, -0.25) is 9.89 Å². The van der Waals surface area contributed by atoms with Crippen molar-refractivity contribution in [1.82, 2.24) is 15.1 Å². The predicted octanol–water partition coefficient (Wildman–Crippen LogP) is 2.59. The van der Waals surface area contributed by atoms with Crippen LogP contribution < -0.4 is 5.32 Å². The van der Waals surface area contributed by atoms with Gasteiger partial charge in [-0.1, -0.05) is 13.8 Å². The molecule has 0 spiro atoms. The van der Waals surface area contributed by atoms with E-state index in [4.69, 9.17) is 9.47 Å². The van der Waals surface area contributed by atoms with Crippen molar-refractivity contribution in [3.05, 3.63) is 0 Å². The minimum absolute atomic E-state index is 0.120. The molecule has 0 aromatic rings. The van der Waals surface area contributed by atoms with Crippen LogP contribution in [0.15, 0.2) is 4.99 Å². The van der Waals surface area contributed by atoms with Crippen LogP contribution in [0, 0.1) is 11.8 Å². The van der Waals surface area contributed by atoms with Crippen LogP contribution in [0.2, 0.25) is 0 Å². The first-order valence-electron chi connectivity index (χ1n) is 11.4. The molecular formula is C22H42N4O2. The second-order valence-corrected chi connectivity index (χ2v) is 9.24. The smallest absolute Gasteiger partial charge is 0.193 e. The molecule has 3 rings (SSSR count). The molecule has 162 valence electrons. The minimum atomic E-state index is -0.120. The maximum Gasteiger partial charge on any atom is 0.193 e. The van der Waals surface area contributed by atoms with Gasteiger partial charge in [-0.15, -0.1) is 0 Å². The Hall–Kier alpha value is -0.850. The molecular weight excluding hydrogens is 352 g/mol. The molecule has 2 saturated heterocycles. The lowest BCUT2D eigenvalue weighted by Crippen LogP contribution is -2.57. The van der Waals surface area contributed by atoms with Crippen molar-refractivity contribution in [1.29, 1.82) is 0 Å². The summed E-state index contributed by atoms with van der Waals surface area (Å²) >= 11 is 0. The molecule has 1 saturated carbocycles. The van der Waals surface area contributed by atoms with E-state index in [2.05, 4.69) is 34.0 Å². The second kappa shape index (κ2) is 10.3. The highest BCUT2D eigenvalue weighted by atomic mass is 16.5. The summed E-state index contributed by atoms with van der Waals surface area (Å²) in [6, 6.07) is 0.797. The van der Waals surface area contributed by atoms with E-state index in [0.717, 1.165) is 82.6 Å². The Balaban J connectivity index is 1.44. The summed E-state index contributed by atoms with van der Waals surface area (Å²) in [4.78, 5) is 9.70. The van der Waals surface area contributed by atoms with Gasteiger partial charge in [-0.05, 0) is 37.5 Å². The van der Waals surface area contributed by atoms with E-state index < -0.39 is 0 Å². The molecule has 2 heterocycles. The molecule has 3 fully saturated rings. The SMILES string of the molecule is CN=C(NCC1(OC)CCOCC1)N1CCN(C2CCC(C(C)C)CC2)CC1. The standard InChI is InChI=1S/C22H42N4O2/c1-18(2)19-5-7-20(8-6-19)25-11-13-26(14-12-25)21(23-3)24-17-22(27-4)9-15-28-16-10-22/h18-20H,5-17H2,1-4H3,(H,23,24). The molecule has 0 aromatic carbocycles. The Morgan fingerprint density at radius 3 is 2.29 bits per heavy atom. The van der Waals surface area contributed by atoms with Crippen molar-refractivity contribution in [2.24, 2.45) is 16.8 Å². The van der Waals surface area contributed by atoms with Crippen molar-refractivity contribution >= 4 is 5.96 Å². The lowest BCUT2D eigenvalue weighted by Gasteiger charge is -2.43. The quantitative estimate of drug-likeness (QED) is 0.574. The van der Waals surface area contributed by atoms with Crippen molar-refractivity contribution in [3.63, 3.8) is 0 Å². The van der Waals surface area contributed by atoms with E-state index in [1.165, 1.54) is 25.7 Å². The molecule has 0 bridgehead atoms. The van der Waals surface area contributed by atoms with Crippen molar-refractivity contribution < 1.29 is 9.47 Å². The first-order valence-corrected chi connectivity index (χ1v) is 11.4. The summed E-state index contributed by atoms with van der Waals surface area (Å²) in [5, 5.41) is 3.59. The van der Waals surface area contributed by atoms with E-state index in [0.29, 0.717) is 0 Å². The van der Waals surface area contributed by atoms with E-state index in [-0.39, 0.29) is 5.60 Å². The average Bonchev–Trinajstić information content (AvgIpc) is 2.75. The molecule has 3 aliphatic rings. The molecule has 6 nitrogen and oxygen atoms in total. The molecule has 0 atom stereocenters. The van der Waals surface area contributed by atoms with Gasteiger partial charge in [-0.25, -0.2) is 0 Å². The molecule has 28 heavy (non-hydrogen) atoms. The Morgan fingerprint density at radius 1 is 1.11 bits per heavy atom.